The Morgan fingerprint density at radius 3 is 2.40 bits per heavy atom. The van der Waals surface area contributed by atoms with Crippen molar-refractivity contribution in [3.8, 4) is 0 Å². The molecule has 1 atom stereocenters. The summed E-state index contributed by atoms with van der Waals surface area (Å²) in [5.74, 6) is -1.90. The second-order valence-electron chi connectivity index (χ2n) is 4.81. The largest absolute Gasteiger partial charge is 0.462 e. The van der Waals surface area contributed by atoms with Crippen molar-refractivity contribution in [2.75, 3.05) is 13.2 Å². The van der Waals surface area contributed by atoms with Crippen molar-refractivity contribution in [1.82, 2.24) is 0 Å². The van der Waals surface area contributed by atoms with Crippen molar-refractivity contribution >= 4 is 22.1 Å². The van der Waals surface area contributed by atoms with E-state index in [-0.39, 0.29) is 19.6 Å². The van der Waals surface area contributed by atoms with Crippen LogP contribution in [0.15, 0.2) is 0 Å². The molecule has 0 aromatic rings. The number of ether oxygens (including phenoxy) is 2. The first-order chi connectivity index (χ1) is 9.33. The molecule has 1 heterocycles. The Morgan fingerprint density at radius 1 is 1.15 bits per heavy atom. The fraction of sp³-hybridized carbons (Fsp3) is 0.833. The average Bonchev–Trinajstić information content (AvgIpc) is 2.35. The summed E-state index contributed by atoms with van der Waals surface area (Å²) in [5, 5.41) is 0. The number of hydrogen-bond acceptors (Lipinski definition) is 6. The van der Waals surface area contributed by atoms with E-state index in [1.54, 1.807) is 0 Å². The minimum Gasteiger partial charge on any atom is -0.462 e. The number of carbonyl (C=O) groups excluding carboxylic acids is 2. The summed E-state index contributed by atoms with van der Waals surface area (Å²) >= 11 is 0. The second kappa shape index (κ2) is 7.03. The third-order valence-electron chi connectivity index (χ3n) is 3.31. The normalized spacial score (nSPS) is 24.5. The van der Waals surface area contributed by atoms with Crippen LogP contribution in [0.3, 0.4) is 0 Å². The molecule has 1 N–H and O–H groups in total. The highest BCUT2D eigenvalue weighted by atomic mass is 32.2. The molecular formula is C12H20O7S. The lowest BCUT2D eigenvalue weighted by atomic mass is 9.96. The van der Waals surface area contributed by atoms with E-state index >= 15 is 0 Å². The summed E-state index contributed by atoms with van der Waals surface area (Å²) in [6.45, 7) is 1.67. The Hall–Kier alpha value is -1.15. The van der Waals surface area contributed by atoms with E-state index in [0.717, 1.165) is 12.8 Å². The van der Waals surface area contributed by atoms with Crippen LogP contribution >= 0.6 is 0 Å². The van der Waals surface area contributed by atoms with Crippen LogP contribution in [0.2, 0.25) is 0 Å². The molecule has 0 saturated carbocycles. The van der Waals surface area contributed by atoms with Crippen LogP contribution in [0.25, 0.3) is 0 Å². The minimum atomic E-state index is -4.77. The molecular weight excluding hydrogens is 288 g/mol. The summed E-state index contributed by atoms with van der Waals surface area (Å²) in [4.78, 5) is 23.5. The fourth-order valence-corrected chi connectivity index (χ4v) is 3.10. The van der Waals surface area contributed by atoms with Crippen LogP contribution in [0, 0.1) is 0 Å². The van der Waals surface area contributed by atoms with Crippen LogP contribution < -0.4 is 0 Å². The maximum Gasteiger partial charge on any atom is 0.330 e. The molecule has 1 aliphatic rings. The number of rotatable bonds is 6. The molecule has 0 radical (unpaired) electrons. The van der Waals surface area contributed by atoms with Gasteiger partial charge in [-0.15, -0.1) is 0 Å². The average molecular weight is 308 g/mol. The number of cyclic esters (lactones) is 2. The lowest BCUT2D eigenvalue weighted by Crippen LogP contribution is -2.50. The van der Waals surface area contributed by atoms with E-state index < -0.39 is 33.2 Å². The summed E-state index contributed by atoms with van der Waals surface area (Å²) in [5.41, 5.74) is 0. The molecule has 1 saturated heterocycles. The topological polar surface area (TPSA) is 107 Å². The van der Waals surface area contributed by atoms with Crippen LogP contribution in [0.5, 0.6) is 0 Å². The molecule has 0 aliphatic carbocycles. The second-order valence-corrected chi connectivity index (χ2v) is 6.54. The predicted octanol–water partition coefficient (Wildman–Crippen LogP) is 1.07. The standard InChI is InChI=1S/C12H20O7S/c1-2-3-4-5-6-12(20(15,16)17)9-10(13)18-7-8-19-11(12)14/h2-9H2,1H3,(H,15,16,17). The molecule has 1 unspecified atom stereocenters. The van der Waals surface area contributed by atoms with E-state index in [2.05, 4.69) is 0 Å². The van der Waals surface area contributed by atoms with E-state index in [9.17, 15) is 22.6 Å². The SMILES string of the molecule is CCCCCCC1(S(=O)(=O)O)CC(=O)OCCOC1=O. The lowest BCUT2D eigenvalue weighted by Gasteiger charge is -2.29. The van der Waals surface area contributed by atoms with Gasteiger partial charge in [-0.1, -0.05) is 32.6 Å². The zero-order valence-corrected chi connectivity index (χ0v) is 12.3. The van der Waals surface area contributed by atoms with Crippen molar-refractivity contribution in [2.45, 2.75) is 50.2 Å². The van der Waals surface area contributed by atoms with Gasteiger partial charge in [-0.25, -0.2) is 0 Å². The predicted molar refractivity (Wildman–Crippen MR) is 69.6 cm³/mol. The molecule has 0 spiro atoms. The summed E-state index contributed by atoms with van der Waals surface area (Å²) < 4.78 is 40.0. The first-order valence-electron chi connectivity index (χ1n) is 6.63. The Balaban J connectivity index is 2.99. The number of hydrogen-bond donors (Lipinski definition) is 1. The van der Waals surface area contributed by atoms with Gasteiger partial charge < -0.3 is 9.47 Å². The van der Waals surface area contributed by atoms with Gasteiger partial charge in [0.15, 0.2) is 0 Å². The number of esters is 2. The van der Waals surface area contributed by atoms with Crippen molar-refractivity contribution < 1.29 is 32.0 Å². The molecule has 8 heteroatoms. The van der Waals surface area contributed by atoms with Gasteiger partial charge >= 0.3 is 11.9 Å². The molecule has 0 aromatic carbocycles. The van der Waals surface area contributed by atoms with E-state index in [1.807, 2.05) is 6.92 Å². The van der Waals surface area contributed by atoms with E-state index in [0.29, 0.717) is 12.8 Å². The summed E-state index contributed by atoms with van der Waals surface area (Å²) in [6, 6.07) is 0. The molecule has 7 nitrogen and oxygen atoms in total. The van der Waals surface area contributed by atoms with Crippen LogP contribution in [0.1, 0.15) is 45.4 Å². The first-order valence-corrected chi connectivity index (χ1v) is 8.07. The quantitative estimate of drug-likeness (QED) is 0.444. The Bertz CT molecular complexity index is 456. The molecule has 20 heavy (non-hydrogen) atoms. The highest BCUT2D eigenvalue weighted by Crippen LogP contribution is 2.31. The molecule has 1 aliphatic heterocycles. The molecule has 0 aromatic heterocycles. The van der Waals surface area contributed by atoms with Gasteiger partial charge in [0.25, 0.3) is 10.1 Å². The van der Waals surface area contributed by atoms with Gasteiger partial charge in [-0.2, -0.15) is 8.42 Å². The summed E-state index contributed by atoms with van der Waals surface area (Å²) in [7, 11) is -4.77. The third-order valence-corrected chi connectivity index (χ3v) is 4.81. The van der Waals surface area contributed by atoms with Crippen molar-refractivity contribution in [2.24, 2.45) is 0 Å². The molecule has 0 bridgehead atoms. The molecule has 116 valence electrons. The summed E-state index contributed by atoms with van der Waals surface area (Å²) in [6.07, 6.45) is 2.05. The van der Waals surface area contributed by atoms with Gasteiger partial charge in [0.1, 0.15) is 13.2 Å². The third kappa shape index (κ3) is 3.92. The fourth-order valence-electron chi connectivity index (χ4n) is 2.13. The Kier molecular flexibility index (Phi) is 5.94. The lowest BCUT2D eigenvalue weighted by molar-refractivity contribution is -0.162. The Morgan fingerprint density at radius 2 is 1.80 bits per heavy atom. The van der Waals surface area contributed by atoms with E-state index in [4.69, 9.17) is 9.47 Å². The van der Waals surface area contributed by atoms with Gasteiger partial charge in [0.2, 0.25) is 4.75 Å². The maximum absolute atomic E-state index is 12.0. The van der Waals surface area contributed by atoms with Gasteiger partial charge in [0, 0.05) is 0 Å². The highest BCUT2D eigenvalue weighted by molar-refractivity contribution is 7.88. The van der Waals surface area contributed by atoms with Crippen molar-refractivity contribution in [1.29, 1.82) is 0 Å². The molecule has 0 amide bonds. The van der Waals surface area contributed by atoms with Gasteiger partial charge in [-0.05, 0) is 6.42 Å². The smallest absolute Gasteiger partial charge is 0.330 e. The first kappa shape index (κ1) is 16.9. The molecule has 1 fully saturated rings. The monoisotopic (exact) mass is 308 g/mol. The van der Waals surface area contributed by atoms with E-state index in [1.165, 1.54) is 0 Å². The van der Waals surface area contributed by atoms with Crippen molar-refractivity contribution in [3.05, 3.63) is 0 Å². The Labute approximate surface area is 118 Å². The van der Waals surface area contributed by atoms with Crippen LogP contribution in [-0.2, 0) is 29.2 Å². The highest BCUT2D eigenvalue weighted by Gasteiger charge is 2.53. The number of unbranched alkanes of at least 4 members (excludes halogenated alkanes) is 3. The van der Waals surface area contributed by atoms with Crippen LogP contribution in [-0.4, -0.2) is 42.9 Å². The number of carbonyl (C=O) groups is 2. The van der Waals surface area contributed by atoms with Gasteiger partial charge in [-0.3, -0.25) is 14.1 Å². The zero-order valence-electron chi connectivity index (χ0n) is 11.5. The minimum absolute atomic E-state index is 0.109. The maximum atomic E-state index is 12.0. The zero-order chi connectivity index (χ0) is 15.2. The van der Waals surface area contributed by atoms with Gasteiger partial charge in [0.05, 0.1) is 6.42 Å². The van der Waals surface area contributed by atoms with Crippen LogP contribution in [0.4, 0.5) is 0 Å². The van der Waals surface area contributed by atoms with Crippen molar-refractivity contribution in [3.63, 3.8) is 0 Å². The molecule has 1 rings (SSSR count).